The average molecular weight is 492 g/mol. The first-order valence-corrected chi connectivity index (χ1v) is 10.0. The number of fused-ring (bicyclic) bond motifs is 1. The number of hydrogen-bond donors (Lipinski definition) is 7. The summed E-state index contributed by atoms with van der Waals surface area (Å²) in [5.41, 5.74) is -0.723. The molecule has 13 heteroatoms. The Kier molecular flexibility index (Phi) is 6.17. The van der Waals surface area contributed by atoms with Crippen LogP contribution in [0, 0.1) is 0 Å². The Bertz CT molecular complexity index is 1350. The van der Waals surface area contributed by atoms with Crippen molar-refractivity contribution in [2.45, 2.75) is 30.7 Å². The Hall–Kier alpha value is -4.04. The van der Waals surface area contributed by atoms with Gasteiger partial charge < -0.3 is 54.4 Å². The highest BCUT2D eigenvalue weighted by atomic mass is 16.7. The molecule has 1 aromatic heterocycles. The Morgan fingerprint density at radius 1 is 0.943 bits per heavy atom. The Balaban J connectivity index is 1.75. The van der Waals surface area contributed by atoms with E-state index in [1.54, 1.807) is 0 Å². The Morgan fingerprint density at radius 3 is 2.31 bits per heavy atom. The zero-order chi connectivity index (χ0) is 25.6. The highest BCUT2D eigenvalue weighted by Crippen LogP contribution is 2.40. The Labute approximate surface area is 195 Å². The van der Waals surface area contributed by atoms with Crippen molar-refractivity contribution in [3.05, 3.63) is 40.6 Å². The topological polar surface area (TPSA) is 217 Å². The number of aliphatic hydroxyl groups excluding tert-OH is 3. The number of carbonyl (C=O) groups is 1. The van der Waals surface area contributed by atoms with E-state index in [-0.39, 0.29) is 33.8 Å². The van der Waals surface area contributed by atoms with Crippen molar-refractivity contribution in [1.29, 1.82) is 0 Å². The first-order chi connectivity index (χ1) is 16.5. The van der Waals surface area contributed by atoms with Crippen LogP contribution in [0.4, 0.5) is 0 Å². The van der Waals surface area contributed by atoms with E-state index >= 15 is 0 Å². The number of phenolic OH excluding ortho intramolecular Hbond substituents is 3. The second kappa shape index (κ2) is 8.96. The monoisotopic (exact) mass is 492 g/mol. The molecule has 0 amide bonds. The molecular formula is C22H20O13. The number of phenols is 3. The minimum atomic E-state index is -1.92. The van der Waals surface area contributed by atoms with E-state index in [4.69, 9.17) is 23.7 Å². The fraction of sp³-hybridized carbons (Fsp3) is 0.273. The highest BCUT2D eigenvalue weighted by Gasteiger charge is 2.48. The first kappa shape index (κ1) is 24.1. The minimum Gasteiger partial charge on any atom is -0.507 e. The number of methoxy groups -OCH3 is 1. The zero-order valence-electron chi connectivity index (χ0n) is 17.9. The lowest BCUT2D eigenvalue weighted by molar-refractivity contribution is -0.271. The van der Waals surface area contributed by atoms with Crippen molar-refractivity contribution in [3.8, 4) is 40.1 Å². The fourth-order valence-electron chi connectivity index (χ4n) is 3.63. The van der Waals surface area contributed by atoms with Gasteiger partial charge in [-0.3, -0.25) is 4.79 Å². The number of benzene rings is 2. The van der Waals surface area contributed by atoms with Crippen LogP contribution < -0.4 is 14.9 Å². The maximum absolute atomic E-state index is 12.7. The number of aliphatic carboxylic acids is 1. The number of aromatic hydroxyl groups is 3. The van der Waals surface area contributed by atoms with Gasteiger partial charge >= 0.3 is 5.97 Å². The van der Waals surface area contributed by atoms with Gasteiger partial charge in [0.05, 0.1) is 7.11 Å². The van der Waals surface area contributed by atoms with Crippen LogP contribution in [-0.2, 0) is 9.53 Å². The van der Waals surface area contributed by atoms with Gasteiger partial charge in [-0.25, -0.2) is 4.79 Å². The molecule has 35 heavy (non-hydrogen) atoms. The van der Waals surface area contributed by atoms with E-state index in [1.807, 2.05) is 0 Å². The van der Waals surface area contributed by atoms with Crippen LogP contribution in [0.3, 0.4) is 0 Å². The number of aliphatic hydroxyl groups is 3. The van der Waals surface area contributed by atoms with Crippen LogP contribution in [0.5, 0.6) is 28.7 Å². The zero-order valence-corrected chi connectivity index (χ0v) is 17.9. The largest absolute Gasteiger partial charge is 0.507 e. The third-order valence-electron chi connectivity index (χ3n) is 5.41. The van der Waals surface area contributed by atoms with Gasteiger partial charge in [-0.15, -0.1) is 0 Å². The SMILES string of the molecule is COc1cc(-c2cc(=O)c3c(O)cc(OC4OC(C(=O)O)C(O)C(O)C4O)cc3o2)cc(O)c1O. The van der Waals surface area contributed by atoms with Gasteiger partial charge in [-0.1, -0.05) is 0 Å². The predicted molar refractivity (Wildman–Crippen MR) is 114 cm³/mol. The van der Waals surface area contributed by atoms with E-state index in [2.05, 4.69) is 0 Å². The lowest BCUT2D eigenvalue weighted by atomic mass is 9.99. The predicted octanol–water partition coefficient (Wildman–Crippen LogP) is -0.144. The molecule has 0 spiro atoms. The van der Waals surface area contributed by atoms with Crippen LogP contribution >= 0.6 is 0 Å². The molecule has 0 bridgehead atoms. The fourth-order valence-corrected chi connectivity index (χ4v) is 3.63. The van der Waals surface area contributed by atoms with Crippen molar-refractivity contribution in [1.82, 2.24) is 0 Å². The van der Waals surface area contributed by atoms with Gasteiger partial charge in [-0.2, -0.15) is 0 Å². The molecular weight excluding hydrogens is 472 g/mol. The highest BCUT2D eigenvalue weighted by molar-refractivity contribution is 5.86. The minimum absolute atomic E-state index is 0.0777. The van der Waals surface area contributed by atoms with Gasteiger partial charge in [0.1, 0.15) is 46.5 Å². The van der Waals surface area contributed by atoms with E-state index in [1.165, 1.54) is 13.2 Å². The third kappa shape index (κ3) is 4.28. The van der Waals surface area contributed by atoms with E-state index in [9.17, 15) is 40.2 Å². The molecule has 13 nitrogen and oxygen atoms in total. The van der Waals surface area contributed by atoms with E-state index in [0.29, 0.717) is 0 Å². The second-order valence-electron chi connectivity index (χ2n) is 7.69. The molecule has 0 saturated carbocycles. The molecule has 1 aliphatic heterocycles. The molecule has 1 fully saturated rings. The van der Waals surface area contributed by atoms with Gasteiger partial charge in [0, 0.05) is 23.8 Å². The molecule has 186 valence electrons. The maximum atomic E-state index is 12.7. The summed E-state index contributed by atoms with van der Waals surface area (Å²) in [6, 6.07) is 5.58. The molecule has 1 aliphatic rings. The summed E-state index contributed by atoms with van der Waals surface area (Å²) in [5.74, 6) is -3.67. The number of ether oxygens (including phenoxy) is 3. The normalized spacial score (nSPS) is 24.3. The van der Waals surface area contributed by atoms with Crippen LogP contribution in [0.2, 0.25) is 0 Å². The lowest BCUT2D eigenvalue weighted by Gasteiger charge is -2.38. The molecule has 4 rings (SSSR count). The Morgan fingerprint density at radius 2 is 1.66 bits per heavy atom. The van der Waals surface area contributed by atoms with E-state index < -0.39 is 59.4 Å². The molecule has 7 N–H and O–H groups in total. The van der Waals surface area contributed by atoms with Crippen LogP contribution in [0.15, 0.2) is 39.5 Å². The molecule has 0 radical (unpaired) electrons. The van der Waals surface area contributed by atoms with Crippen molar-refractivity contribution >= 4 is 16.9 Å². The summed E-state index contributed by atoms with van der Waals surface area (Å²) >= 11 is 0. The first-order valence-electron chi connectivity index (χ1n) is 10.0. The van der Waals surface area contributed by atoms with Crippen LogP contribution in [0.1, 0.15) is 0 Å². The molecule has 2 aromatic carbocycles. The van der Waals surface area contributed by atoms with Gasteiger partial charge in [0.2, 0.25) is 12.0 Å². The number of hydrogen-bond acceptors (Lipinski definition) is 12. The summed E-state index contributed by atoms with van der Waals surface area (Å²) in [6.07, 6.45) is -9.37. The number of carboxylic acids is 1. The summed E-state index contributed by atoms with van der Waals surface area (Å²) in [4.78, 5) is 23.9. The van der Waals surface area contributed by atoms with Crippen molar-refractivity contribution in [2.75, 3.05) is 7.11 Å². The van der Waals surface area contributed by atoms with Gasteiger partial charge in [0.25, 0.3) is 0 Å². The third-order valence-corrected chi connectivity index (χ3v) is 5.41. The quantitative estimate of drug-likeness (QED) is 0.231. The summed E-state index contributed by atoms with van der Waals surface area (Å²) in [5, 5.41) is 68.9. The molecule has 5 atom stereocenters. The lowest BCUT2D eigenvalue weighted by Crippen LogP contribution is -2.61. The number of rotatable bonds is 5. The summed E-state index contributed by atoms with van der Waals surface area (Å²) < 4.78 is 21.1. The molecule has 2 heterocycles. The van der Waals surface area contributed by atoms with Crippen LogP contribution in [0.25, 0.3) is 22.3 Å². The molecule has 5 unspecified atom stereocenters. The van der Waals surface area contributed by atoms with E-state index in [0.717, 1.165) is 24.3 Å². The second-order valence-corrected chi connectivity index (χ2v) is 7.69. The average Bonchev–Trinajstić information content (AvgIpc) is 2.80. The maximum Gasteiger partial charge on any atom is 0.335 e. The van der Waals surface area contributed by atoms with Gasteiger partial charge in [-0.05, 0) is 12.1 Å². The number of carboxylic acid groups (broad SMARTS) is 1. The van der Waals surface area contributed by atoms with Crippen LogP contribution in [-0.4, -0.2) is 79.5 Å². The van der Waals surface area contributed by atoms with Crippen molar-refractivity contribution in [2.24, 2.45) is 0 Å². The molecule has 3 aromatic rings. The molecule has 0 aliphatic carbocycles. The summed E-state index contributed by atoms with van der Waals surface area (Å²) in [6.45, 7) is 0. The van der Waals surface area contributed by atoms with Gasteiger partial charge in [0.15, 0.2) is 23.0 Å². The van der Waals surface area contributed by atoms with Crippen molar-refractivity contribution in [3.63, 3.8) is 0 Å². The smallest absolute Gasteiger partial charge is 0.335 e. The standard InChI is InChI=1S/C22H20O13/c1-32-14-3-7(2-11(25)16(14)26)12-6-10(24)15-9(23)4-8(5-13(15)34-12)33-22-19(29)17(27)18(28)20(35-22)21(30)31/h2-6,17-20,22-23,25-29H,1H3,(H,30,31). The van der Waals surface area contributed by atoms with Crippen molar-refractivity contribution < 1.29 is 59.2 Å². The molecule has 1 saturated heterocycles. The summed E-state index contributed by atoms with van der Waals surface area (Å²) in [7, 11) is 1.25.